The fourth-order valence-electron chi connectivity index (χ4n) is 1.46. The van der Waals surface area contributed by atoms with Crippen molar-refractivity contribution in [2.75, 3.05) is 13.7 Å². The van der Waals surface area contributed by atoms with Gasteiger partial charge in [0.2, 0.25) is 0 Å². The molecule has 0 spiro atoms. The summed E-state index contributed by atoms with van der Waals surface area (Å²) in [6.45, 7) is 2.56. The molecule has 17 heavy (non-hydrogen) atoms. The molecule has 0 atom stereocenters. The molecule has 1 aromatic heterocycles. The van der Waals surface area contributed by atoms with Gasteiger partial charge < -0.3 is 9.47 Å². The molecular weight excluding hydrogens is 302 g/mol. The average Bonchev–Trinajstić information content (AvgIpc) is 2.76. The lowest BCUT2D eigenvalue weighted by molar-refractivity contribution is 0.311. The highest BCUT2D eigenvalue weighted by atomic mass is 79.9. The summed E-state index contributed by atoms with van der Waals surface area (Å²) in [7, 11) is 1.64. The second kappa shape index (κ2) is 5.51. The molecule has 0 aliphatic carbocycles. The van der Waals surface area contributed by atoms with E-state index in [1.165, 1.54) is 0 Å². The molecule has 3 nitrogen and oxygen atoms in total. The van der Waals surface area contributed by atoms with Crippen LogP contribution in [0.3, 0.4) is 0 Å². The van der Waals surface area contributed by atoms with Crippen LogP contribution in [0.5, 0.6) is 11.5 Å². The van der Waals surface area contributed by atoms with Crippen molar-refractivity contribution >= 4 is 27.3 Å². The summed E-state index contributed by atoms with van der Waals surface area (Å²) >= 11 is 4.94. The third-order valence-electron chi connectivity index (χ3n) is 2.19. The van der Waals surface area contributed by atoms with Gasteiger partial charge in [-0.25, -0.2) is 4.98 Å². The predicted molar refractivity (Wildman–Crippen MR) is 73.0 cm³/mol. The van der Waals surface area contributed by atoms with Gasteiger partial charge in [0.25, 0.3) is 0 Å². The molecular formula is C12H12BrNO2S. The van der Waals surface area contributed by atoms with E-state index in [9.17, 15) is 0 Å². The normalized spacial score (nSPS) is 10.3. The molecule has 1 heterocycles. The number of ether oxygens (including phenoxy) is 2. The number of rotatable bonds is 4. The molecule has 0 saturated heterocycles. The molecule has 0 amide bonds. The molecule has 0 aliphatic heterocycles. The summed E-state index contributed by atoms with van der Waals surface area (Å²) in [6, 6.07) is 5.83. The standard InChI is InChI=1S/C12H12BrNO2S/c1-3-16-10-6-8(4-5-9(10)15-2)12-14-11(13)7-17-12/h4-7H,3H2,1-2H3. The van der Waals surface area contributed by atoms with E-state index in [-0.39, 0.29) is 0 Å². The molecule has 0 saturated carbocycles. The number of thiazole rings is 1. The van der Waals surface area contributed by atoms with Gasteiger partial charge in [-0.05, 0) is 41.1 Å². The Balaban J connectivity index is 2.39. The number of aromatic nitrogens is 1. The van der Waals surface area contributed by atoms with Crippen molar-refractivity contribution in [1.29, 1.82) is 0 Å². The molecule has 0 bridgehead atoms. The first-order chi connectivity index (χ1) is 8.24. The fourth-order valence-corrected chi connectivity index (χ4v) is 2.72. The van der Waals surface area contributed by atoms with Crippen LogP contribution in [0.25, 0.3) is 10.6 Å². The van der Waals surface area contributed by atoms with Gasteiger partial charge in [0.15, 0.2) is 11.5 Å². The summed E-state index contributed by atoms with van der Waals surface area (Å²) in [6.07, 6.45) is 0. The SMILES string of the molecule is CCOc1cc(-c2nc(Br)cs2)ccc1OC. The van der Waals surface area contributed by atoms with Crippen LogP contribution < -0.4 is 9.47 Å². The molecule has 0 fully saturated rings. The van der Waals surface area contributed by atoms with E-state index < -0.39 is 0 Å². The number of methoxy groups -OCH3 is 1. The summed E-state index contributed by atoms with van der Waals surface area (Å²) in [5.74, 6) is 1.49. The topological polar surface area (TPSA) is 31.4 Å². The van der Waals surface area contributed by atoms with Gasteiger partial charge in [-0.1, -0.05) is 0 Å². The van der Waals surface area contributed by atoms with E-state index in [2.05, 4.69) is 20.9 Å². The van der Waals surface area contributed by atoms with Gasteiger partial charge in [-0.15, -0.1) is 11.3 Å². The fraction of sp³-hybridized carbons (Fsp3) is 0.250. The summed E-state index contributed by atoms with van der Waals surface area (Å²) in [4.78, 5) is 4.38. The Kier molecular flexibility index (Phi) is 4.02. The van der Waals surface area contributed by atoms with Crippen molar-refractivity contribution < 1.29 is 9.47 Å². The Bertz CT molecular complexity index is 513. The Hall–Kier alpha value is -1.07. The van der Waals surface area contributed by atoms with Crippen LogP contribution in [0.15, 0.2) is 28.2 Å². The molecule has 0 unspecified atom stereocenters. The van der Waals surface area contributed by atoms with E-state index in [1.807, 2.05) is 30.5 Å². The van der Waals surface area contributed by atoms with E-state index in [4.69, 9.17) is 9.47 Å². The molecule has 2 rings (SSSR count). The van der Waals surface area contributed by atoms with Gasteiger partial charge in [-0.3, -0.25) is 0 Å². The van der Waals surface area contributed by atoms with Gasteiger partial charge >= 0.3 is 0 Å². The first kappa shape index (κ1) is 12.4. The zero-order chi connectivity index (χ0) is 12.3. The van der Waals surface area contributed by atoms with Crippen molar-refractivity contribution in [1.82, 2.24) is 4.98 Å². The van der Waals surface area contributed by atoms with E-state index >= 15 is 0 Å². The van der Waals surface area contributed by atoms with E-state index in [0.29, 0.717) is 6.61 Å². The lowest BCUT2D eigenvalue weighted by Crippen LogP contribution is -1.95. The second-order valence-electron chi connectivity index (χ2n) is 3.27. The minimum absolute atomic E-state index is 0.612. The van der Waals surface area contributed by atoms with Crippen LogP contribution >= 0.6 is 27.3 Å². The predicted octanol–water partition coefficient (Wildman–Crippen LogP) is 3.98. The number of hydrogen-bond acceptors (Lipinski definition) is 4. The molecule has 2 aromatic rings. The van der Waals surface area contributed by atoms with Crippen molar-refractivity contribution in [2.45, 2.75) is 6.92 Å². The quantitative estimate of drug-likeness (QED) is 0.855. The highest BCUT2D eigenvalue weighted by molar-refractivity contribution is 9.10. The van der Waals surface area contributed by atoms with Crippen molar-refractivity contribution in [3.63, 3.8) is 0 Å². The first-order valence-electron chi connectivity index (χ1n) is 5.17. The zero-order valence-corrected chi connectivity index (χ0v) is 12.0. The van der Waals surface area contributed by atoms with Crippen molar-refractivity contribution in [3.8, 4) is 22.1 Å². The summed E-state index contributed by atoms with van der Waals surface area (Å²) in [5.41, 5.74) is 1.03. The van der Waals surface area contributed by atoms with Crippen LogP contribution in [0.1, 0.15) is 6.92 Å². The Labute approximate surface area is 113 Å². The largest absolute Gasteiger partial charge is 0.493 e. The maximum atomic E-state index is 5.54. The van der Waals surface area contributed by atoms with Crippen molar-refractivity contribution in [3.05, 3.63) is 28.2 Å². The molecule has 1 aromatic carbocycles. The molecule has 0 aliphatic rings. The van der Waals surface area contributed by atoms with Gasteiger partial charge in [0, 0.05) is 10.9 Å². The van der Waals surface area contributed by atoms with Crippen LogP contribution in [-0.2, 0) is 0 Å². The van der Waals surface area contributed by atoms with Crippen molar-refractivity contribution in [2.24, 2.45) is 0 Å². The molecule has 0 N–H and O–H groups in total. The third kappa shape index (κ3) is 2.79. The maximum Gasteiger partial charge on any atom is 0.161 e. The van der Waals surface area contributed by atoms with Crippen LogP contribution in [0, 0.1) is 0 Å². The maximum absolute atomic E-state index is 5.54. The Morgan fingerprint density at radius 1 is 1.35 bits per heavy atom. The number of benzene rings is 1. The lowest BCUT2D eigenvalue weighted by Gasteiger charge is -2.09. The Morgan fingerprint density at radius 3 is 2.76 bits per heavy atom. The van der Waals surface area contributed by atoms with Crippen LogP contribution in [0.4, 0.5) is 0 Å². The third-order valence-corrected chi connectivity index (χ3v) is 3.79. The first-order valence-corrected chi connectivity index (χ1v) is 6.84. The monoisotopic (exact) mass is 313 g/mol. The van der Waals surface area contributed by atoms with Gasteiger partial charge in [-0.2, -0.15) is 0 Å². The Morgan fingerprint density at radius 2 is 2.18 bits per heavy atom. The average molecular weight is 314 g/mol. The second-order valence-corrected chi connectivity index (χ2v) is 4.94. The lowest BCUT2D eigenvalue weighted by atomic mass is 10.2. The number of halogens is 1. The minimum Gasteiger partial charge on any atom is -0.493 e. The van der Waals surface area contributed by atoms with E-state index in [0.717, 1.165) is 26.7 Å². The summed E-state index contributed by atoms with van der Waals surface area (Å²) < 4.78 is 11.6. The molecule has 90 valence electrons. The van der Waals surface area contributed by atoms with Gasteiger partial charge in [0.1, 0.15) is 9.61 Å². The van der Waals surface area contributed by atoms with Crippen LogP contribution in [0.2, 0.25) is 0 Å². The minimum atomic E-state index is 0.612. The van der Waals surface area contributed by atoms with Gasteiger partial charge in [0.05, 0.1) is 13.7 Å². The van der Waals surface area contributed by atoms with Crippen LogP contribution in [-0.4, -0.2) is 18.7 Å². The summed E-state index contributed by atoms with van der Waals surface area (Å²) in [5, 5.41) is 2.92. The van der Waals surface area contributed by atoms with E-state index in [1.54, 1.807) is 18.4 Å². The highest BCUT2D eigenvalue weighted by Gasteiger charge is 2.09. The molecule has 5 heteroatoms. The number of nitrogens with zero attached hydrogens (tertiary/aromatic N) is 1. The zero-order valence-electron chi connectivity index (χ0n) is 9.57. The smallest absolute Gasteiger partial charge is 0.161 e. The molecule has 0 radical (unpaired) electrons. The number of hydrogen-bond donors (Lipinski definition) is 0. The highest BCUT2D eigenvalue weighted by Crippen LogP contribution is 2.34.